The van der Waals surface area contributed by atoms with E-state index in [1.807, 2.05) is 25.1 Å². The normalized spacial score (nSPS) is 13.4. The van der Waals surface area contributed by atoms with Gasteiger partial charge < -0.3 is 15.3 Å². The smallest absolute Gasteiger partial charge is 0.317 e. The number of nitrogens with one attached hydrogen (secondary N) is 1. The van der Waals surface area contributed by atoms with Gasteiger partial charge in [0, 0.05) is 18.6 Å². The fourth-order valence-electron chi connectivity index (χ4n) is 1.77. The second kappa shape index (κ2) is 7.14. The van der Waals surface area contributed by atoms with Crippen LogP contribution in [0.2, 0.25) is 5.02 Å². The molecule has 2 amide bonds. The molecule has 0 bridgehead atoms. The zero-order chi connectivity index (χ0) is 15.3. The Morgan fingerprint density at radius 3 is 2.50 bits per heavy atom. The van der Waals surface area contributed by atoms with E-state index in [1.54, 1.807) is 20.0 Å². The zero-order valence-corrected chi connectivity index (χ0v) is 12.5. The number of carboxylic acids is 1. The minimum atomic E-state index is -0.927. The Morgan fingerprint density at radius 1 is 1.35 bits per heavy atom. The monoisotopic (exact) mass is 298 g/mol. The molecule has 6 heteroatoms. The van der Waals surface area contributed by atoms with Crippen molar-refractivity contribution in [2.45, 2.75) is 19.9 Å². The maximum Gasteiger partial charge on any atom is 0.317 e. The lowest BCUT2D eigenvalue weighted by molar-refractivity contribution is -0.141. The molecule has 5 nitrogen and oxygen atoms in total. The molecule has 0 radical (unpaired) electrons. The Kier molecular flexibility index (Phi) is 5.82. The number of aliphatic carboxylic acids is 1. The molecule has 1 rings (SSSR count). The first-order chi connectivity index (χ1) is 9.32. The lowest BCUT2D eigenvalue weighted by Crippen LogP contribution is -2.41. The maximum absolute atomic E-state index is 12.0. The minimum Gasteiger partial charge on any atom is -0.481 e. The van der Waals surface area contributed by atoms with E-state index in [2.05, 4.69) is 5.32 Å². The van der Waals surface area contributed by atoms with Crippen molar-refractivity contribution in [1.82, 2.24) is 10.2 Å². The number of carbonyl (C=O) groups excluding carboxylic acids is 1. The van der Waals surface area contributed by atoms with Crippen molar-refractivity contribution in [1.29, 1.82) is 0 Å². The molecular formula is C14H19ClN2O3. The van der Waals surface area contributed by atoms with Gasteiger partial charge in [0.2, 0.25) is 0 Å². The summed E-state index contributed by atoms with van der Waals surface area (Å²) >= 11 is 6.07. The molecule has 0 aliphatic rings. The Morgan fingerprint density at radius 2 is 1.95 bits per heavy atom. The molecule has 0 saturated carbocycles. The predicted molar refractivity (Wildman–Crippen MR) is 77.8 cm³/mol. The number of carboxylic acid groups (broad SMARTS) is 1. The van der Waals surface area contributed by atoms with Gasteiger partial charge in [-0.2, -0.15) is 0 Å². The highest BCUT2D eigenvalue weighted by Crippen LogP contribution is 2.22. The van der Waals surface area contributed by atoms with Crippen LogP contribution in [0.5, 0.6) is 0 Å². The number of benzene rings is 1. The average molecular weight is 299 g/mol. The summed E-state index contributed by atoms with van der Waals surface area (Å²) < 4.78 is 0. The number of hydrogen-bond acceptors (Lipinski definition) is 2. The Labute approximate surface area is 123 Å². The van der Waals surface area contributed by atoms with E-state index in [-0.39, 0.29) is 18.6 Å². The summed E-state index contributed by atoms with van der Waals surface area (Å²) in [5.41, 5.74) is 0.821. The first-order valence-electron chi connectivity index (χ1n) is 6.31. The van der Waals surface area contributed by atoms with Gasteiger partial charge in [-0.15, -0.1) is 0 Å². The van der Waals surface area contributed by atoms with Crippen LogP contribution in [0.15, 0.2) is 24.3 Å². The predicted octanol–water partition coefficient (Wildman–Crippen LogP) is 2.76. The first-order valence-corrected chi connectivity index (χ1v) is 6.69. The summed E-state index contributed by atoms with van der Waals surface area (Å²) in [6, 6.07) is 6.69. The topological polar surface area (TPSA) is 69.6 Å². The van der Waals surface area contributed by atoms with Crippen molar-refractivity contribution in [3.63, 3.8) is 0 Å². The van der Waals surface area contributed by atoms with Crippen LogP contribution in [-0.2, 0) is 4.79 Å². The fourth-order valence-corrected chi connectivity index (χ4v) is 2.07. The van der Waals surface area contributed by atoms with Gasteiger partial charge >= 0.3 is 12.0 Å². The number of rotatable bonds is 5. The molecule has 1 unspecified atom stereocenters. The van der Waals surface area contributed by atoms with Crippen molar-refractivity contribution in [3.05, 3.63) is 34.9 Å². The number of carbonyl (C=O) groups is 2. The summed E-state index contributed by atoms with van der Waals surface area (Å²) in [5, 5.41) is 12.2. The van der Waals surface area contributed by atoms with Crippen LogP contribution in [-0.4, -0.2) is 35.6 Å². The third kappa shape index (κ3) is 4.42. The molecule has 1 aromatic carbocycles. The second-order valence-electron chi connectivity index (χ2n) is 4.81. The van der Waals surface area contributed by atoms with Gasteiger partial charge in [0.25, 0.3) is 0 Å². The van der Waals surface area contributed by atoms with Gasteiger partial charge in [0.1, 0.15) is 0 Å². The second-order valence-corrected chi connectivity index (χ2v) is 5.22. The summed E-state index contributed by atoms with van der Waals surface area (Å²) in [5.74, 6) is -1.54. The van der Waals surface area contributed by atoms with Gasteiger partial charge in [-0.3, -0.25) is 4.79 Å². The summed E-state index contributed by atoms with van der Waals surface area (Å²) in [6.45, 7) is 3.54. The van der Waals surface area contributed by atoms with E-state index in [4.69, 9.17) is 16.7 Å². The van der Waals surface area contributed by atoms with Crippen molar-refractivity contribution < 1.29 is 14.7 Å². The molecule has 2 atom stereocenters. The number of nitrogens with zero attached hydrogens (tertiary/aromatic N) is 1. The van der Waals surface area contributed by atoms with Gasteiger partial charge in [0.05, 0.1) is 12.0 Å². The molecule has 0 fully saturated rings. The summed E-state index contributed by atoms with van der Waals surface area (Å²) in [6.07, 6.45) is 0. The molecular weight excluding hydrogens is 280 g/mol. The van der Waals surface area contributed by atoms with E-state index < -0.39 is 11.9 Å². The third-order valence-electron chi connectivity index (χ3n) is 3.03. The molecule has 0 heterocycles. The maximum atomic E-state index is 12.0. The van der Waals surface area contributed by atoms with Crippen LogP contribution < -0.4 is 5.32 Å². The van der Waals surface area contributed by atoms with Gasteiger partial charge in [0.15, 0.2) is 0 Å². The van der Waals surface area contributed by atoms with E-state index in [9.17, 15) is 9.59 Å². The van der Waals surface area contributed by atoms with Crippen molar-refractivity contribution in [2.24, 2.45) is 5.92 Å². The molecule has 1 aromatic rings. The van der Waals surface area contributed by atoms with Gasteiger partial charge in [-0.25, -0.2) is 4.79 Å². The van der Waals surface area contributed by atoms with Crippen LogP contribution in [0, 0.1) is 5.92 Å². The standard InChI is InChI=1S/C14H19ClN2O3/c1-9(13(18)19)8-17(3)14(20)16-10(2)11-6-4-5-7-12(11)15/h4-7,9-10H,8H2,1-3H3,(H,16,20)(H,18,19)/t9?,10-/m0/s1. The van der Waals surface area contributed by atoms with Crippen molar-refractivity contribution in [2.75, 3.05) is 13.6 Å². The Bertz CT molecular complexity index is 493. The van der Waals surface area contributed by atoms with Crippen LogP contribution in [0.1, 0.15) is 25.5 Å². The highest BCUT2D eigenvalue weighted by Gasteiger charge is 2.19. The largest absolute Gasteiger partial charge is 0.481 e. The molecule has 0 aliphatic heterocycles. The summed E-state index contributed by atoms with van der Waals surface area (Å²) in [7, 11) is 1.56. The molecule has 0 saturated heterocycles. The quantitative estimate of drug-likeness (QED) is 0.878. The molecule has 2 N–H and O–H groups in total. The minimum absolute atomic E-state index is 0.149. The Balaban J connectivity index is 2.62. The molecule has 0 aromatic heterocycles. The Hall–Kier alpha value is -1.75. The van der Waals surface area contributed by atoms with E-state index in [0.29, 0.717) is 5.02 Å². The van der Waals surface area contributed by atoms with Crippen molar-refractivity contribution in [3.8, 4) is 0 Å². The lowest BCUT2D eigenvalue weighted by atomic mass is 10.1. The average Bonchev–Trinajstić information content (AvgIpc) is 2.38. The molecule has 20 heavy (non-hydrogen) atoms. The number of hydrogen-bond donors (Lipinski definition) is 2. The van der Waals surface area contributed by atoms with Crippen LogP contribution in [0.25, 0.3) is 0 Å². The number of halogens is 1. The highest BCUT2D eigenvalue weighted by molar-refractivity contribution is 6.31. The lowest BCUT2D eigenvalue weighted by Gasteiger charge is -2.23. The van der Waals surface area contributed by atoms with E-state index in [1.165, 1.54) is 4.90 Å². The van der Waals surface area contributed by atoms with Gasteiger partial charge in [-0.05, 0) is 18.6 Å². The molecule has 0 aliphatic carbocycles. The molecule has 0 spiro atoms. The zero-order valence-electron chi connectivity index (χ0n) is 11.8. The van der Waals surface area contributed by atoms with E-state index in [0.717, 1.165) is 5.56 Å². The highest BCUT2D eigenvalue weighted by atomic mass is 35.5. The third-order valence-corrected chi connectivity index (χ3v) is 3.37. The first kappa shape index (κ1) is 16.3. The van der Waals surface area contributed by atoms with Gasteiger partial charge in [-0.1, -0.05) is 36.7 Å². The van der Waals surface area contributed by atoms with Crippen LogP contribution in [0.4, 0.5) is 4.79 Å². The molecule has 110 valence electrons. The summed E-state index contributed by atoms with van der Waals surface area (Å²) in [4.78, 5) is 24.1. The van der Waals surface area contributed by atoms with Crippen molar-refractivity contribution >= 4 is 23.6 Å². The SMILES string of the molecule is CC(CN(C)C(=O)N[C@@H](C)c1ccccc1Cl)C(=O)O. The van der Waals surface area contributed by atoms with Crippen LogP contribution in [0.3, 0.4) is 0 Å². The number of amides is 2. The number of urea groups is 1. The fraction of sp³-hybridized carbons (Fsp3) is 0.429. The van der Waals surface area contributed by atoms with E-state index >= 15 is 0 Å². The van der Waals surface area contributed by atoms with Crippen LogP contribution >= 0.6 is 11.6 Å².